The fraction of sp³-hybridized carbons (Fsp3) is 0.394. The van der Waals surface area contributed by atoms with Crippen LogP contribution in [0.4, 0.5) is 0 Å². The lowest BCUT2D eigenvalue weighted by Crippen LogP contribution is -2.43. The molecule has 0 spiro atoms. The van der Waals surface area contributed by atoms with Crippen LogP contribution in [0.25, 0.3) is 21.2 Å². The first-order valence-corrected chi connectivity index (χ1v) is 14.8. The molecule has 5 saturated carbocycles. The van der Waals surface area contributed by atoms with E-state index in [1.165, 1.54) is 77.6 Å². The number of hydrogen-bond donors (Lipinski definition) is 0. The lowest BCUT2D eigenvalue weighted by Gasteiger charge is -2.51. The van der Waals surface area contributed by atoms with Gasteiger partial charge in [0, 0.05) is 31.5 Å². The van der Waals surface area contributed by atoms with Gasteiger partial charge in [0.05, 0.1) is 5.57 Å². The van der Waals surface area contributed by atoms with Crippen LogP contribution >= 0.6 is 11.3 Å². The maximum Gasteiger partial charge on any atom is 0.346 e. The quantitative estimate of drug-likeness (QED) is 0.324. The number of carbonyl (C=O) groups is 2. The highest BCUT2D eigenvalue weighted by atomic mass is 32.1. The number of rotatable bonds is 3. The molecule has 0 amide bonds. The molecule has 2 aromatic carbocycles. The van der Waals surface area contributed by atoms with Crippen LogP contribution in [0.3, 0.4) is 0 Å². The molecule has 6 aliphatic rings. The molecule has 9 rings (SSSR count). The van der Waals surface area contributed by atoms with Crippen molar-refractivity contribution in [1.29, 1.82) is 0 Å². The zero-order valence-corrected chi connectivity index (χ0v) is 21.7. The van der Waals surface area contributed by atoms with Gasteiger partial charge in [0.25, 0.3) is 0 Å². The zero-order chi connectivity index (χ0) is 24.7. The Morgan fingerprint density at radius 2 is 1.51 bits per heavy atom. The molecule has 37 heavy (non-hydrogen) atoms. The minimum atomic E-state index is -0.563. The van der Waals surface area contributed by atoms with E-state index in [4.69, 9.17) is 4.74 Å². The van der Waals surface area contributed by atoms with Crippen molar-refractivity contribution in [3.8, 4) is 0 Å². The van der Waals surface area contributed by atoms with Crippen LogP contribution in [-0.4, -0.2) is 11.9 Å². The van der Waals surface area contributed by atoms with E-state index in [0.29, 0.717) is 23.3 Å². The van der Waals surface area contributed by atoms with Gasteiger partial charge in [-0.25, -0.2) is 9.59 Å². The second-order valence-electron chi connectivity index (χ2n) is 12.0. The van der Waals surface area contributed by atoms with Crippen LogP contribution in [0.15, 0.2) is 60.2 Å². The van der Waals surface area contributed by atoms with Crippen LogP contribution in [0, 0.1) is 23.7 Å². The summed E-state index contributed by atoms with van der Waals surface area (Å²) in [5.41, 5.74) is 5.26. The van der Waals surface area contributed by atoms with E-state index < -0.39 is 11.9 Å². The van der Waals surface area contributed by atoms with Gasteiger partial charge in [-0.3, -0.25) is 0 Å². The Labute approximate surface area is 220 Å². The molecule has 1 aromatic heterocycles. The molecule has 5 fully saturated rings. The SMILES string of the molecule is O=C1C=C(/C(c2ccc(C3CCC3)cc2)=c2\c(=C3C4CC5CC(C4)CC3C5)sc3ccccc23)C(=O)O1. The van der Waals surface area contributed by atoms with Gasteiger partial charge in [0.2, 0.25) is 0 Å². The first kappa shape index (κ1) is 22.0. The number of esters is 2. The summed E-state index contributed by atoms with van der Waals surface area (Å²) in [4.78, 5) is 25.3. The summed E-state index contributed by atoms with van der Waals surface area (Å²) < 4.78 is 7.65. The lowest BCUT2D eigenvalue weighted by molar-refractivity contribution is -0.150. The van der Waals surface area contributed by atoms with E-state index in [9.17, 15) is 9.59 Å². The summed E-state index contributed by atoms with van der Waals surface area (Å²) in [6.45, 7) is 0. The molecule has 186 valence electrons. The van der Waals surface area contributed by atoms with Gasteiger partial charge in [-0.05, 0) is 97.3 Å². The predicted molar refractivity (Wildman–Crippen MR) is 146 cm³/mol. The van der Waals surface area contributed by atoms with E-state index in [2.05, 4.69) is 48.5 Å². The van der Waals surface area contributed by atoms with Crippen molar-refractivity contribution in [3.63, 3.8) is 0 Å². The Bertz CT molecular complexity index is 1590. The second kappa shape index (κ2) is 8.26. The summed E-state index contributed by atoms with van der Waals surface area (Å²) in [5, 5.41) is 2.31. The van der Waals surface area contributed by atoms with E-state index in [1.54, 1.807) is 5.57 Å². The van der Waals surface area contributed by atoms with Crippen molar-refractivity contribution in [2.75, 3.05) is 0 Å². The van der Waals surface area contributed by atoms with Crippen LogP contribution in [0.2, 0.25) is 0 Å². The average Bonchev–Trinajstić information content (AvgIpc) is 3.38. The van der Waals surface area contributed by atoms with Crippen molar-refractivity contribution in [1.82, 2.24) is 0 Å². The summed E-state index contributed by atoms with van der Waals surface area (Å²) in [6.07, 6.45) is 11.9. The number of carbonyl (C=O) groups excluding carboxylic acids is 2. The van der Waals surface area contributed by atoms with Crippen molar-refractivity contribution >= 4 is 44.5 Å². The Kier molecular flexibility index (Phi) is 4.92. The van der Waals surface area contributed by atoms with Crippen molar-refractivity contribution in [2.24, 2.45) is 23.7 Å². The summed E-state index contributed by atoms with van der Waals surface area (Å²) in [7, 11) is 0. The zero-order valence-electron chi connectivity index (χ0n) is 20.9. The minimum absolute atomic E-state index is 0.399. The monoisotopic (exact) mass is 506 g/mol. The Balaban J connectivity index is 1.47. The van der Waals surface area contributed by atoms with Gasteiger partial charge in [0.1, 0.15) is 0 Å². The highest BCUT2D eigenvalue weighted by Gasteiger charge is 2.45. The molecule has 0 radical (unpaired) electrons. The number of fused-ring (bicyclic) bond motifs is 1. The van der Waals surface area contributed by atoms with Crippen LogP contribution in [0.5, 0.6) is 0 Å². The third-order valence-electron chi connectivity index (χ3n) is 9.85. The standard InChI is InChI=1S/C33H30O3S/c34-28-17-26(33(35)36-28)30(22-10-8-21(9-11-22)20-4-3-5-20)31-25-6-1-2-7-27(25)37-32(31)29-23-13-18-12-19(15-23)16-24(29)14-18/h1-2,6-11,17-20,23-24H,3-5,12-16H2/b31-30-,32-29?. The van der Waals surface area contributed by atoms with E-state index in [1.807, 2.05) is 11.3 Å². The summed E-state index contributed by atoms with van der Waals surface area (Å²) in [5.74, 6) is 2.63. The molecule has 0 unspecified atom stereocenters. The van der Waals surface area contributed by atoms with E-state index >= 15 is 0 Å². The molecule has 1 aliphatic heterocycles. The average molecular weight is 507 g/mol. The van der Waals surface area contributed by atoms with Crippen LogP contribution in [-0.2, 0) is 14.3 Å². The topological polar surface area (TPSA) is 43.4 Å². The van der Waals surface area contributed by atoms with Crippen molar-refractivity contribution < 1.29 is 14.3 Å². The Morgan fingerprint density at radius 3 is 2.14 bits per heavy atom. The fourth-order valence-electron chi connectivity index (χ4n) is 8.18. The predicted octanol–water partition coefficient (Wildman–Crippen LogP) is 5.98. The smallest absolute Gasteiger partial charge is 0.346 e. The van der Waals surface area contributed by atoms with Gasteiger partial charge >= 0.3 is 11.9 Å². The molecule has 4 heteroatoms. The normalized spacial score (nSPS) is 29.5. The van der Waals surface area contributed by atoms with Crippen LogP contribution < -0.4 is 9.75 Å². The molecular weight excluding hydrogens is 476 g/mol. The highest BCUT2D eigenvalue weighted by Crippen LogP contribution is 2.56. The summed E-state index contributed by atoms with van der Waals surface area (Å²) in [6, 6.07) is 17.4. The second-order valence-corrected chi connectivity index (χ2v) is 13.0. The summed E-state index contributed by atoms with van der Waals surface area (Å²) >= 11 is 1.89. The van der Waals surface area contributed by atoms with Gasteiger partial charge in [-0.15, -0.1) is 11.3 Å². The molecule has 3 aromatic rings. The molecule has 0 saturated heterocycles. The third kappa shape index (κ3) is 3.45. The van der Waals surface area contributed by atoms with Crippen molar-refractivity contribution in [2.45, 2.75) is 57.3 Å². The number of thiophene rings is 1. The largest absolute Gasteiger partial charge is 0.386 e. The molecule has 5 aliphatic carbocycles. The number of ether oxygens (including phenoxy) is 1. The lowest BCUT2D eigenvalue weighted by atomic mass is 9.54. The Hall–Kier alpha value is -2.98. The first-order chi connectivity index (χ1) is 18.1. The fourth-order valence-corrected chi connectivity index (χ4v) is 9.60. The molecule has 4 bridgehead atoms. The van der Waals surface area contributed by atoms with Gasteiger partial charge in [-0.1, -0.05) is 48.9 Å². The van der Waals surface area contributed by atoms with Gasteiger partial charge < -0.3 is 4.74 Å². The van der Waals surface area contributed by atoms with Crippen molar-refractivity contribution in [3.05, 3.63) is 81.1 Å². The first-order valence-electron chi connectivity index (χ1n) is 14.0. The van der Waals surface area contributed by atoms with E-state index in [0.717, 1.165) is 28.2 Å². The van der Waals surface area contributed by atoms with Crippen LogP contribution in [0.1, 0.15) is 68.4 Å². The third-order valence-corrected chi connectivity index (χ3v) is 11.1. The molecule has 0 atom stereocenters. The maximum absolute atomic E-state index is 13.1. The number of cyclic esters (lactones) is 2. The van der Waals surface area contributed by atoms with Gasteiger partial charge in [0.15, 0.2) is 0 Å². The molecule has 3 nitrogen and oxygen atoms in total. The number of benzene rings is 2. The number of hydrogen-bond acceptors (Lipinski definition) is 4. The molecule has 0 N–H and O–H groups in total. The molecule has 2 heterocycles. The molecular formula is C33H30O3S. The Morgan fingerprint density at radius 1 is 0.811 bits per heavy atom. The van der Waals surface area contributed by atoms with E-state index in [-0.39, 0.29) is 0 Å². The highest BCUT2D eigenvalue weighted by molar-refractivity contribution is 7.17. The minimum Gasteiger partial charge on any atom is -0.386 e. The maximum atomic E-state index is 13.1. The van der Waals surface area contributed by atoms with Gasteiger partial charge in [-0.2, -0.15) is 0 Å².